The number of hydrogen-bond donors (Lipinski definition) is 1. The topological polar surface area (TPSA) is 89.0 Å². The smallest absolute Gasteiger partial charge is 0.299 e. The summed E-state index contributed by atoms with van der Waals surface area (Å²) in [7, 11) is -3.04. The summed E-state index contributed by atoms with van der Waals surface area (Å²) in [6.45, 7) is 1.77. The van der Waals surface area contributed by atoms with Gasteiger partial charge in [-0.2, -0.15) is 0 Å². The Kier molecular flexibility index (Phi) is 4.53. The van der Waals surface area contributed by atoms with Crippen LogP contribution in [0.2, 0.25) is 5.02 Å². The first-order chi connectivity index (χ1) is 7.85. The van der Waals surface area contributed by atoms with Gasteiger partial charge in [0.15, 0.2) is 0 Å². The van der Waals surface area contributed by atoms with Gasteiger partial charge in [0.05, 0.1) is 5.75 Å². The molecule has 8 heteroatoms. The minimum Gasteiger partial charge on any atom is -0.299 e. The number of halogens is 1. The minimum atomic E-state index is -3.04. The van der Waals surface area contributed by atoms with Crippen molar-refractivity contribution < 1.29 is 8.42 Å². The molecule has 0 amide bonds. The highest BCUT2D eigenvalue weighted by Gasteiger charge is 2.08. The van der Waals surface area contributed by atoms with Gasteiger partial charge in [-0.1, -0.05) is 18.5 Å². The quantitative estimate of drug-likeness (QED) is 0.823. The zero-order chi connectivity index (χ0) is 13.1. The normalized spacial score (nSPS) is 11.6. The van der Waals surface area contributed by atoms with Gasteiger partial charge in [-0.3, -0.25) is 14.3 Å². The summed E-state index contributed by atoms with van der Waals surface area (Å²) >= 11 is 5.56. The van der Waals surface area contributed by atoms with Gasteiger partial charge in [0, 0.05) is 18.5 Å². The van der Waals surface area contributed by atoms with Crippen molar-refractivity contribution >= 4 is 21.4 Å². The van der Waals surface area contributed by atoms with Gasteiger partial charge in [-0.15, -0.1) is 0 Å². The summed E-state index contributed by atoms with van der Waals surface area (Å²) in [5.74, 6) is 0.0843. The molecule has 0 saturated heterocycles. The third-order valence-corrected chi connectivity index (χ3v) is 4.32. The first-order valence-corrected chi connectivity index (χ1v) is 7.25. The van der Waals surface area contributed by atoms with Crippen LogP contribution in [0.1, 0.15) is 13.3 Å². The van der Waals surface area contributed by atoms with Gasteiger partial charge in [0.2, 0.25) is 0 Å². The number of aryl methyl sites for hydroxylation is 1. The van der Waals surface area contributed by atoms with E-state index in [2.05, 4.69) is 0 Å². The summed E-state index contributed by atoms with van der Waals surface area (Å²) < 4.78 is 23.6. The molecule has 0 atom stereocenters. The van der Waals surface area contributed by atoms with E-state index in [1.807, 2.05) is 4.98 Å². The first kappa shape index (κ1) is 14.0. The van der Waals surface area contributed by atoms with E-state index in [1.54, 1.807) is 6.92 Å². The van der Waals surface area contributed by atoms with Crippen molar-refractivity contribution in [2.24, 2.45) is 0 Å². The van der Waals surface area contributed by atoms with E-state index in [0.717, 1.165) is 0 Å². The Morgan fingerprint density at radius 1 is 1.41 bits per heavy atom. The molecule has 6 nitrogen and oxygen atoms in total. The summed E-state index contributed by atoms with van der Waals surface area (Å²) in [6.07, 6.45) is 1.51. The van der Waals surface area contributed by atoms with Gasteiger partial charge in [0.25, 0.3) is 5.56 Å². The Morgan fingerprint density at radius 2 is 2.06 bits per heavy atom. The predicted molar refractivity (Wildman–Crippen MR) is 65.3 cm³/mol. The largest absolute Gasteiger partial charge is 0.328 e. The van der Waals surface area contributed by atoms with Crippen LogP contribution in [0.3, 0.4) is 0 Å². The van der Waals surface area contributed by atoms with Crippen LogP contribution in [0.25, 0.3) is 0 Å². The Morgan fingerprint density at radius 3 is 2.65 bits per heavy atom. The van der Waals surface area contributed by atoms with Gasteiger partial charge < -0.3 is 0 Å². The van der Waals surface area contributed by atoms with Gasteiger partial charge in [0.1, 0.15) is 14.9 Å². The third kappa shape index (κ3) is 4.01. The lowest BCUT2D eigenvalue weighted by Gasteiger charge is -2.05. The first-order valence-electron chi connectivity index (χ1n) is 5.05. The number of nitrogens with zero attached hydrogens (tertiary/aromatic N) is 1. The second-order valence-corrected chi connectivity index (χ2v) is 6.40. The molecular weight excluding hydrogens is 268 g/mol. The van der Waals surface area contributed by atoms with E-state index in [4.69, 9.17) is 11.6 Å². The van der Waals surface area contributed by atoms with Crippen molar-refractivity contribution in [1.29, 1.82) is 0 Å². The van der Waals surface area contributed by atoms with Crippen LogP contribution in [0.4, 0.5) is 0 Å². The molecule has 1 aromatic heterocycles. The average molecular weight is 281 g/mol. The van der Waals surface area contributed by atoms with E-state index in [9.17, 15) is 18.0 Å². The van der Waals surface area contributed by atoms with Crippen molar-refractivity contribution in [2.45, 2.75) is 19.9 Å². The zero-order valence-corrected chi connectivity index (χ0v) is 10.8. The molecule has 0 saturated carbocycles. The maximum atomic E-state index is 11.3. The van der Waals surface area contributed by atoms with E-state index in [1.165, 1.54) is 10.8 Å². The number of rotatable bonds is 5. The Labute approximate surface area is 103 Å². The highest BCUT2D eigenvalue weighted by Crippen LogP contribution is 1.99. The zero-order valence-electron chi connectivity index (χ0n) is 9.27. The monoisotopic (exact) mass is 280 g/mol. The summed E-state index contributed by atoms with van der Waals surface area (Å²) in [5.41, 5.74) is -1.23. The van der Waals surface area contributed by atoms with Crippen LogP contribution >= 0.6 is 11.6 Å². The van der Waals surface area contributed by atoms with Crippen LogP contribution in [0.5, 0.6) is 0 Å². The molecule has 0 bridgehead atoms. The molecule has 1 aromatic rings. The Hall–Kier alpha value is -1.08. The molecule has 1 rings (SSSR count). The molecule has 0 aliphatic rings. The molecule has 0 aromatic carbocycles. The highest BCUT2D eigenvalue weighted by atomic mass is 35.5. The lowest BCUT2D eigenvalue weighted by atomic mass is 10.4. The van der Waals surface area contributed by atoms with Crippen molar-refractivity contribution in [2.75, 3.05) is 11.5 Å². The summed E-state index contributed by atoms with van der Waals surface area (Å²) in [4.78, 5) is 24.3. The summed E-state index contributed by atoms with van der Waals surface area (Å²) in [5, 5.41) is -0.0945. The highest BCUT2D eigenvalue weighted by molar-refractivity contribution is 7.91. The maximum Gasteiger partial charge on any atom is 0.328 e. The van der Waals surface area contributed by atoms with Crippen molar-refractivity contribution in [1.82, 2.24) is 9.55 Å². The van der Waals surface area contributed by atoms with Gasteiger partial charge in [-0.05, 0) is 6.42 Å². The molecule has 0 aliphatic carbocycles. The van der Waals surface area contributed by atoms with Crippen molar-refractivity contribution in [3.8, 4) is 0 Å². The second-order valence-electron chi connectivity index (χ2n) is 3.52. The summed E-state index contributed by atoms with van der Waals surface area (Å²) in [6, 6.07) is 0. The molecule has 0 spiro atoms. The predicted octanol–water partition coefficient (Wildman–Crippen LogP) is 0.0148. The number of H-pyrrole nitrogens is 1. The van der Waals surface area contributed by atoms with Crippen molar-refractivity contribution in [3.63, 3.8) is 0 Å². The fraction of sp³-hybridized carbons (Fsp3) is 0.556. The molecule has 0 aliphatic heterocycles. The van der Waals surface area contributed by atoms with E-state index < -0.39 is 21.1 Å². The van der Waals surface area contributed by atoms with Gasteiger partial charge in [-0.25, -0.2) is 13.2 Å². The van der Waals surface area contributed by atoms with Crippen LogP contribution in [0, 0.1) is 0 Å². The molecule has 0 unspecified atom stereocenters. The van der Waals surface area contributed by atoms with Crippen LogP contribution in [-0.4, -0.2) is 29.5 Å². The number of nitrogens with one attached hydrogen (secondary N) is 1. The van der Waals surface area contributed by atoms with E-state index in [-0.39, 0.29) is 23.1 Å². The third-order valence-electron chi connectivity index (χ3n) is 2.26. The molecule has 0 fully saturated rings. The molecule has 0 radical (unpaired) electrons. The van der Waals surface area contributed by atoms with E-state index >= 15 is 0 Å². The Balaban J connectivity index is 2.75. The molecular formula is C9H13ClN2O4S. The SMILES string of the molecule is CCS(=O)(=O)CCCn1cc(Cl)c(=O)[nH]c1=O. The number of sulfone groups is 1. The molecule has 1 N–H and O–H groups in total. The minimum absolute atomic E-state index is 0.00663. The fourth-order valence-electron chi connectivity index (χ4n) is 1.25. The standard InChI is InChI=1S/C9H13ClN2O4S/c1-2-17(15,16)5-3-4-12-6-7(10)8(13)11-9(12)14/h6H,2-5H2,1H3,(H,11,13,14). The lowest BCUT2D eigenvalue weighted by Crippen LogP contribution is -2.30. The van der Waals surface area contributed by atoms with Crippen LogP contribution in [0.15, 0.2) is 15.8 Å². The fourth-order valence-corrected chi connectivity index (χ4v) is 2.27. The Bertz CT molecular complexity index is 602. The van der Waals surface area contributed by atoms with Crippen LogP contribution in [-0.2, 0) is 16.4 Å². The number of aromatic nitrogens is 2. The molecule has 17 heavy (non-hydrogen) atoms. The van der Waals surface area contributed by atoms with Gasteiger partial charge >= 0.3 is 5.69 Å². The van der Waals surface area contributed by atoms with Crippen LogP contribution < -0.4 is 11.2 Å². The average Bonchev–Trinajstić information content (AvgIpc) is 2.25. The lowest BCUT2D eigenvalue weighted by molar-refractivity contribution is 0.582. The molecule has 1 heterocycles. The number of aromatic amines is 1. The number of hydrogen-bond acceptors (Lipinski definition) is 4. The molecule has 96 valence electrons. The second kappa shape index (κ2) is 5.50. The van der Waals surface area contributed by atoms with Crippen molar-refractivity contribution in [3.05, 3.63) is 32.1 Å². The maximum absolute atomic E-state index is 11.3. The van der Waals surface area contributed by atoms with E-state index in [0.29, 0.717) is 6.42 Å².